The lowest BCUT2D eigenvalue weighted by Gasteiger charge is -2.24. The summed E-state index contributed by atoms with van der Waals surface area (Å²) in [5.74, 6) is -0.0503. The van der Waals surface area contributed by atoms with E-state index in [2.05, 4.69) is 16.3 Å². The van der Waals surface area contributed by atoms with Crippen molar-refractivity contribution in [1.29, 1.82) is 5.26 Å². The van der Waals surface area contributed by atoms with Crippen molar-refractivity contribution in [2.45, 2.75) is 5.92 Å². The molecule has 4 rings (SSSR count). The summed E-state index contributed by atoms with van der Waals surface area (Å²) in [4.78, 5) is 0.986. The number of nitrogens with one attached hydrogen (secondary N) is 1. The number of nitrogens with zero attached hydrogens (tertiary/aromatic N) is 2. The van der Waals surface area contributed by atoms with E-state index in [0.717, 1.165) is 21.7 Å². The van der Waals surface area contributed by atoms with Crippen molar-refractivity contribution >= 4 is 34.5 Å². The lowest BCUT2D eigenvalue weighted by molar-refractivity contribution is 0.379. The normalized spacial score (nSPS) is 16.3. The predicted molar refractivity (Wildman–Crippen MR) is 97.7 cm³/mol. The minimum Gasteiger partial charge on any atom is -0.420 e. The van der Waals surface area contributed by atoms with Crippen LogP contribution in [-0.4, -0.2) is 10.2 Å². The number of rotatable bonds is 2. The number of aromatic amines is 1. The van der Waals surface area contributed by atoms with Gasteiger partial charge in [0.2, 0.25) is 11.8 Å². The van der Waals surface area contributed by atoms with Gasteiger partial charge in [0.15, 0.2) is 0 Å². The Labute approximate surface area is 157 Å². The number of allylic oxidation sites excluding steroid dienone is 1. The van der Waals surface area contributed by atoms with Crippen LogP contribution >= 0.6 is 34.5 Å². The lowest BCUT2D eigenvalue weighted by atomic mass is 9.84. The van der Waals surface area contributed by atoms with Crippen LogP contribution in [0.3, 0.4) is 0 Å². The van der Waals surface area contributed by atoms with E-state index in [1.165, 1.54) is 0 Å². The molecule has 3 N–H and O–H groups in total. The minimum absolute atomic E-state index is 0.0373. The summed E-state index contributed by atoms with van der Waals surface area (Å²) in [5.41, 5.74) is 8.60. The zero-order chi connectivity index (χ0) is 17.6. The number of nitriles is 1. The first kappa shape index (κ1) is 16.0. The molecule has 1 aliphatic heterocycles. The maximum Gasteiger partial charge on any atom is 0.244 e. The molecule has 0 bridgehead atoms. The highest BCUT2D eigenvalue weighted by atomic mass is 35.5. The Morgan fingerprint density at radius 2 is 2.12 bits per heavy atom. The summed E-state index contributed by atoms with van der Waals surface area (Å²) in [6.45, 7) is 0. The molecule has 3 heterocycles. The van der Waals surface area contributed by atoms with Gasteiger partial charge < -0.3 is 10.5 Å². The summed E-state index contributed by atoms with van der Waals surface area (Å²) >= 11 is 13.8. The highest BCUT2D eigenvalue weighted by Gasteiger charge is 2.36. The minimum atomic E-state index is -0.445. The van der Waals surface area contributed by atoms with Crippen LogP contribution in [0.4, 0.5) is 0 Å². The van der Waals surface area contributed by atoms with E-state index in [4.69, 9.17) is 33.7 Å². The third-order valence-electron chi connectivity index (χ3n) is 3.98. The maximum atomic E-state index is 9.65. The maximum absolute atomic E-state index is 9.65. The van der Waals surface area contributed by atoms with Gasteiger partial charge in [-0.15, -0.1) is 16.4 Å². The van der Waals surface area contributed by atoms with Gasteiger partial charge >= 0.3 is 0 Å². The molecule has 0 fully saturated rings. The Hall–Kier alpha value is -2.46. The Morgan fingerprint density at radius 1 is 1.28 bits per heavy atom. The quantitative estimate of drug-likeness (QED) is 0.667. The van der Waals surface area contributed by atoms with Crippen molar-refractivity contribution in [3.8, 4) is 22.5 Å². The van der Waals surface area contributed by atoms with Crippen LogP contribution in [0.5, 0.6) is 5.88 Å². The SMILES string of the molecule is N#CC1=C(N)Oc2n[nH]c(-c3cccs3)c2[C@@H]1c1ccc(Cl)c(Cl)c1. The molecule has 0 saturated heterocycles. The molecule has 0 spiro atoms. The smallest absolute Gasteiger partial charge is 0.244 e. The van der Waals surface area contributed by atoms with Crippen molar-refractivity contribution in [2.24, 2.45) is 5.73 Å². The molecule has 1 aromatic carbocycles. The highest BCUT2D eigenvalue weighted by molar-refractivity contribution is 7.13. The van der Waals surface area contributed by atoms with Crippen LogP contribution in [0.1, 0.15) is 17.0 Å². The third kappa shape index (κ3) is 2.57. The van der Waals surface area contributed by atoms with Crippen LogP contribution in [0.15, 0.2) is 47.2 Å². The molecule has 3 aromatic rings. The van der Waals surface area contributed by atoms with E-state index in [0.29, 0.717) is 21.5 Å². The Morgan fingerprint density at radius 3 is 2.80 bits per heavy atom. The first-order chi connectivity index (χ1) is 12.1. The average molecular weight is 389 g/mol. The van der Waals surface area contributed by atoms with Crippen molar-refractivity contribution < 1.29 is 4.74 Å². The summed E-state index contributed by atoms with van der Waals surface area (Å²) < 4.78 is 5.56. The van der Waals surface area contributed by atoms with E-state index in [1.54, 1.807) is 23.5 Å². The molecular formula is C17H10Cl2N4OS. The molecule has 0 unspecified atom stereocenters. The topological polar surface area (TPSA) is 87.7 Å². The second kappa shape index (κ2) is 6.12. The van der Waals surface area contributed by atoms with Crippen molar-refractivity contribution in [3.63, 3.8) is 0 Å². The number of nitrogens with two attached hydrogens (primary N) is 1. The van der Waals surface area contributed by atoms with Gasteiger partial charge in [-0.25, -0.2) is 0 Å². The highest BCUT2D eigenvalue weighted by Crippen LogP contribution is 2.46. The fraction of sp³-hybridized carbons (Fsp3) is 0.0588. The molecule has 8 heteroatoms. The summed E-state index contributed by atoms with van der Waals surface area (Å²) in [6, 6.07) is 11.3. The van der Waals surface area contributed by atoms with E-state index in [1.807, 2.05) is 23.6 Å². The number of aromatic nitrogens is 2. The van der Waals surface area contributed by atoms with Crippen LogP contribution in [0.25, 0.3) is 10.6 Å². The number of fused-ring (bicyclic) bond motifs is 1. The van der Waals surface area contributed by atoms with Gasteiger partial charge in [0.25, 0.3) is 0 Å². The summed E-state index contributed by atoms with van der Waals surface area (Å²) in [6.07, 6.45) is 0. The van der Waals surface area contributed by atoms with Gasteiger partial charge in [0.05, 0.1) is 32.1 Å². The molecule has 0 amide bonds. The van der Waals surface area contributed by atoms with Gasteiger partial charge in [-0.1, -0.05) is 35.3 Å². The lowest BCUT2D eigenvalue weighted by Crippen LogP contribution is -2.20. The monoisotopic (exact) mass is 388 g/mol. The predicted octanol–water partition coefficient (Wildman–Crippen LogP) is 4.66. The molecule has 0 saturated carbocycles. The standard InChI is InChI=1S/C17H10Cl2N4OS/c18-10-4-3-8(6-11(10)19)13-9(7-20)16(21)24-17-14(13)15(22-23-17)12-2-1-5-25-12/h1-6,13H,21H2,(H,22,23)/t13-/m1/s1. The van der Waals surface area contributed by atoms with E-state index < -0.39 is 5.92 Å². The largest absolute Gasteiger partial charge is 0.420 e. The van der Waals surface area contributed by atoms with Crippen LogP contribution < -0.4 is 10.5 Å². The number of thiophene rings is 1. The van der Waals surface area contributed by atoms with Crippen LogP contribution in [0.2, 0.25) is 10.0 Å². The molecule has 5 nitrogen and oxygen atoms in total. The zero-order valence-corrected chi connectivity index (χ0v) is 14.9. The molecule has 0 radical (unpaired) electrons. The number of hydrogen-bond donors (Lipinski definition) is 2. The zero-order valence-electron chi connectivity index (χ0n) is 12.6. The first-order valence-corrected chi connectivity index (χ1v) is 8.88. The van der Waals surface area contributed by atoms with Gasteiger partial charge in [-0.3, -0.25) is 5.10 Å². The Kier molecular flexibility index (Phi) is 3.92. The number of halogens is 2. The van der Waals surface area contributed by atoms with Gasteiger partial charge in [-0.2, -0.15) is 5.26 Å². The number of ether oxygens (including phenoxy) is 1. The Balaban J connectivity index is 1.97. The Bertz CT molecular complexity index is 1030. The number of hydrogen-bond acceptors (Lipinski definition) is 5. The second-order valence-corrected chi connectivity index (χ2v) is 7.16. The average Bonchev–Trinajstić information content (AvgIpc) is 3.25. The van der Waals surface area contributed by atoms with Gasteiger partial charge in [-0.05, 0) is 29.1 Å². The summed E-state index contributed by atoms with van der Waals surface area (Å²) in [5, 5.41) is 19.7. The number of H-pyrrole nitrogens is 1. The van der Waals surface area contributed by atoms with E-state index >= 15 is 0 Å². The third-order valence-corrected chi connectivity index (χ3v) is 5.61. The molecule has 1 aliphatic rings. The molecule has 25 heavy (non-hydrogen) atoms. The van der Waals surface area contributed by atoms with E-state index in [-0.39, 0.29) is 5.88 Å². The van der Waals surface area contributed by atoms with Gasteiger partial charge in [0.1, 0.15) is 11.6 Å². The molecule has 0 aliphatic carbocycles. The fourth-order valence-corrected chi connectivity index (χ4v) is 3.92. The number of benzene rings is 1. The van der Waals surface area contributed by atoms with Crippen molar-refractivity contribution in [3.05, 3.63) is 68.3 Å². The molecule has 1 atom stereocenters. The second-order valence-electron chi connectivity index (χ2n) is 5.39. The van der Waals surface area contributed by atoms with Crippen molar-refractivity contribution in [2.75, 3.05) is 0 Å². The van der Waals surface area contributed by atoms with Gasteiger partial charge in [0, 0.05) is 0 Å². The summed E-state index contributed by atoms with van der Waals surface area (Å²) in [7, 11) is 0. The molecular weight excluding hydrogens is 379 g/mol. The van der Waals surface area contributed by atoms with Crippen molar-refractivity contribution in [1.82, 2.24) is 10.2 Å². The molecule has 124 valence electrons. The van der Waals surface area contributed by atoms with Crippen LogP contribution in [-0.2, 0) is 0 Å². The first-order valence-electron chi connectivity index (χ1n) is 7.24. The van der Waals surface area contributed by atoms with Crippen LogP contribution in [0, 0.1) is 11.3 Å². The molecule has 2 aromatic heterocycles. The fourth-order valence-electron chi connectivity index (χ4n) is 2.88. The van der Waals surface area contributed by atoms with E-state index in [9.17, 15) is 5.26 Å².